The molecule has 0 saturated carbocycles. The van der Waals surface area contributed by atoms with Gasteiger partial charge < -0.3 is 15.0 Å². The van der Waals surface area contributed by atoms with Gasteiger partial charge in [0.05, 0.1) is 6.61 Å². The zero-order chi connectivity index (χ0) is 23.2. The number of hydrogen-bond acceptors (Lipinski definition) is 6. The molecule has 33 heavy (non-hydrogen) atoms. The number of rotatable bonds is 9. The van der Waals surface area contributed by atoms with E-state index in [1.807, 2.05) is 67.6 Å². The van der Waals surface area contributed by atoms with E-state index in [-0.39, 0.29) is 12.3 Å². The van der Waals surface area contributed by atoms with Crippen LogP contribution in [0.4, 0.5) is 11.5 Å². The van der Waals surface area contributed by atoms with Crippen LogP contribution in [0.3, 0.4) is 0 Å². The SMILES string of the molecule is CCOc1ccc(N(C)C(=O)CCc2nnc3ccc(NCc4ccccc4Cl)nn23)cc1. The summed E-state index contributed by atoms with van der Waals surface area (Å²) in [6, 6.07) is 18.8. The van der Waals surface area contributed by atoms with Gasteiger partial charge in [0.1, 0.15) is 11.6 Å². The molecule has 0 aliphatic carbocycles. The quantitative estimate of drug-likeness (QED) is 0.395. The van der Waals surface area contributed by atoms with Crippen molar-refractivity contribution in [2.45, 2.75) is 26.3 Å². The van der Waals surface area contributed by atoms with Gasteiger partial charge in [-0.05, 0) is 55.0 Å². The number of aromatic nitrogens is 4. The van der Waals surface area contributed by atoms with Crippen LogP contribution in [-0.4, -0.2) is 39.4 Å². The van der Waals surface area contributed by atoms with Crippen molar-refractivity contribution in [1.82, 2.24) is 19.8 Å². The van der Waals surface area contributed by atoms with E-state index in [0.29, 0.717) is 41.9 Å². The second kappa shape index (κ2) is 10.3. The van der Waals surface area contributed by atoms with Crippen LogP contribution in [0.1, 0.15) is 24.7 Å². The highest BCUT2D eigenvalue weighted by molar-refractivity contribution is 6.31. The summed E-state index contributed by atoms with van der Waals surface area (Å²) >= 11 is 6.23. The molecule has 0 aliphatic rings. The Morgan fingerprint density at radius 2 is 1.88 bits per heavy atom. The third-order valence-corrected chi connectivity index (χ3v) is 5.59. The fraction of sp³-hybridized carbons (Fsp3) is 0.250. The number of halogens is 1. The van der Waals surface area contributed by atoms with Crippen molar-refractivity contribution in [2.24, 2.45) is 0 Å². The van der Waals surface area contributed by atoms with Crippen molar-refractivity contribution in [3.8, 4) is 5.75 Å². The molecule has 4 rings (SSSR count). The number of nitrogens with one attached hydrogen (secondary N) is 1. The van der Waals surface area contributed by atoms with Crippen LogP contribution in [0, 0.1) is 0 Å². The molecule has 2 aromatic heterocycles. The number of hydrogen-bond donors (Lipinski definition) is 1. The van der Waals surface area contributed by atoms with Gasteiger partial charge in [-0.25, -0.2) is 0 Å². The molecule has 0 unspecified atom stereocenters. The molecule has 0 bridgehead atoms. The Labute approximate surface area is 197 Å². The Bertz CT molecular complexity index is 1240. The van der Waals surface area contributed by atoms with Crippen LogP contribution in [0.25, 0.3) is 5.65 Å². The predicted molar refractivity (Wildman–Crippen MR) is 129 cm³/mol. The lowest BCUT2D eigenvalue weighted by Gasteiger charge is -2.17. The fourth-order valence-corrected chi connectivity index (χ4v) is 3.58. The van der Waals surface area contributed by atoms with Crippen LogP contribution >= 0.6 is 11.6 Å². The zero-order valence-corrected chi connectivity index (χ0v) is 19.3. The minimum Gasteiger partial charge on any atom is -0.494 e. The Balaban J connectivity index is 1.40. The van der Waals surface area contributed by atoms with Crippen molar-refractivity contribution in [1.29, 1.82) is 0 Å². The normalized spacial score (nSPS) is 10.9. The molecule has 2 heterocycles. The minimum absolute atomic E-state index is 0.0242. The first-order chi connectivity index (χ1) is 16.0. The molecule has 9 heteroatoms. The van der Waals surface area contributed by atoms with E-state index in [0.717, 1.165) is 17.0 Å². The van der Waals surface area contributed by atoms with Gasteiger partial charge in [0, 0.05) is 37.1 Å². The molecule has 0 radical (unpaired) electrons. The average molecular weight is 465 g/mol. The number of ether oxygens (including phenoxy) is 1. The molecule has 0 atom stereocenters. The number of aryl methyl sites for hydroxylation is 1. The molecule has 0 saturated heterocycles. The summed E-state index contributed by atoms with van der Waals surface area (Å²) in [5, 5.41) is 16.9. The lowest BCUT2D eigenvalue weighted by Crippen LogP contribution is -2.26. The summed E-state index contributed by atoms with van der Waals surface area (Å²) in [7, 11) is 1.76. The molecule has 1 amide bonds. The Morgan fingerprint density at radius 1 is 1.09 bits per heavy atom. The van der Waals surface area contributed by atoms with Gasteiger partial charge in [0.15, 0.2) is 11.5 Å². The maximum absolute atomic E-state index is 12.7. The van der Waals surface area contributed by atoms with Gasteiger partial charge in [-0.2, -0.15) is 4.52 Å². The summed E-state index contributed by atoms with van der Waals surface area (Å²) in [4.78, 5) is 14.4. The first-order valence-corrected chi connectivity index (χ1v) is 11.1. The van der Waals surface area contributed by atoms with Gasteiger partial charge in [-0.1, -0.05) is 29.8 Å². The van der Waals surface area contributed by atoms with Crippen LogP contribution in [0.15, 0.2) is 60.7 Å². The van der Waals surface area contributed by atoms with E-state index in [2.05, 4.69) is 20.6 Å². The first-order valence-electron chi connectivity index (χ1n) is 10.7. The maximum atomic E-state index is 12.7. The minimum atomic E-state index is -0.0242. The van der Waals surface area contributed by atoms with E-state index in [1.54, 1.807) is 16.5 Å². The average Bonchev–Trinajstić information content (AvgIpc) is 3.24. The van der Waals surface area contributed by atoms with Gasteiger partial charge in [0.25, 0.3) is 0 Å². The van der Waals surface area contributed by atoms with Gasteiger partial charge in [-0.3, -0.25) is 4.79 Å². The van der Waals surface area contributed by atoms with Crippen molar-refractivity contribution < 1.29 is 9.53 Å². The third-order valence-electron chi connectivity index (χ3n) is 5.22. The topological polar surface area (TPSA) is 84.6 Å². The van der Waals surface area contributed by atoms with Crippen molar-refractivity contribution in [3.63, 3.8) is 0 Å². The molecule has 2 aromatic carbocycles. The summed E-state index contributed by atoms with van der Waals surface area (Å²) < 4.78 is 7.12. The Morgan fingerprint density at radius 3 is 2.64 bits per heavy atom. The summed E-state index contributed by atoms with van der Waals surface area (Å²) in [5.74, 6) is 2.05. The fourth-order valence-electron chi connectivity index (χ4n) is 3.37. The maximum Gasteiger partial charge on any atom is 0.227 e. The standard InChI is InChI=1S/C24H25ClN6O2/c1-3-33-19-10-8-18(9-11-19)30(2)24(32)15-14-23-28-27-22-13-12-21(29-31(22)23)26-16-17-6-4-5-7-20(17)25/h4-13H,3,14-16H2,1-2H3,(H,26,29). The molecule has 4 aromatic rings. The van der Waals surface area contributed by atoms with Gasteiger partial charge in [0.2, 0.25) is 5.91 Å². The lowest BCUT2D eigenvalue weighted by molar-refractivity contribution is -0.118. The van der Waals surface area contributed by atoms with Crippen LogP contribution in [-0.2, 0) is 17.8 Å². The Hall–Kier alpha value is -3.65. The second-order valence-corrected chi connectivity index (χ2v) is 7.84. The highest BCUT2D eigenvalue weighted by atomic mass is 35.5. The number of carbonyl (C=O) groups is 1. The highest BCUT2D eigenvalue weighted by Crippen LogP contribution is 2.20. The van der Waals surface area contributed by atoms with Crippen molar-refractivity contribution in [2.75, 3.05) is 23.9 Å². The van der Waals surface area contributed by atoms with Crippen LogP contribution < -0.4 is 15.0 Å². The number of amides is 1. The van der Waals surface area contributed by atoms with E-state index >= 15 is 0 Å². The summed E-state index contributed by atoms with van der Waals surface area (Å²) in [5.41, 5.74) is 2.41. The smallest absolute Gasteiger partial charge is 0.227 e. The van der Waals surface area contributed by atoms with Crippen LogP contribution in [0.2, 0.25) is 5.02 Å². The molecular weight excluding hydrogens is 440 g/mol. The van der Waals surface area contributed by atoms with E-state index in [4.69, 9.17) is 16.3 Å². The second-order valence-electron chi connectivity index (χ2n) is 7.43. The first kappa shape index (κ1) is 22.5. The number of fused-ring (bicyclic) bond motifs is 1. The van der Waals surface area contributed by atoms with Crippen molar-refractivity contribution >= 4 is 34.7 Å². The zero-order valence-electron chi connectivity index (χ0n) is 18.5. The Kier molecular flexibility index (Phi) is 7.04. The molecule has 0 spiro atoms. The van der Waals surface area contributed by atoms with E-state index in [1.165, 1.54) is 0 Å². The molecule has 1 N–H and O–H groups in total. The highest BCUT2D eigenvalue weighted by Gasteiger charge is 2.14. The van der Waals surface area contributed by atoms with Crippen molar-refractivity contribution in [3.05, 3.63) is 77.1 Å². The molecule has 170 valence electrons. The predicted octanol–water partition coefficient (Wildman–Crippen LogP) is 4.38. The van der Waals surface area contributed by atoms with Gasteiger partial charge >= 0.3 is 0 Å². The molecular formula is C24H25ClN6O2. The summed E-state index contributed by atoms with van der Waals surface area (Å²) in [6.07, 6.45) is 0.700. The number of carbonyl (C=O) groups excluding carboxylic acids is 1. The van der Waals surface area contributed by atoms with Crippen LogP contribution in [0.5, 0.6) is 5.75 Å². The van der Waals surface area contributed by atoms with E-state index < -0.39 is 0 Å². The molecule has 0 fully saturated rings. The number of nitrogens with zero attached hydrogens (tertiary/aromatic N) is 5. The van der Waals surface area contributed by atoms with E-state index in [9.17, 15) is 4.79 Å². The third kappa shape index (κ3) is 5.40. The van der Waals surface area contributed by atoms with Gasteiger partial charge in [-0.15, -0.1) is 15.3 Å². The lowest BCUT2D eigenvalue weighted by atomic mass is 10.2. The molecule has 8 nitrogen and oxygen atoms in total. The number of anilines is 2. The monoisotopic (exact) mass is 464 g/mol. The number of benzene rings is 2. The molecule has 0 aliphatic heterocycles. The largest absolute Gasteiger partial charge is 0.494 e. The summed E-state index contributed by atoms with van der Waals surface area (Å²) in [6.45, 7) is 3.08.